The Kier molecular flexibility index (Phi) is 12.6. The summed E-state index contributed by atoms with van der Waals surface area (Å²) in [5, 5.41) is 16.0. The van der Waals surface area contributed by atoms with Crippen molar-refractivity contribution in [1.29, 1.82) is 0 Å². The highest BCUT2D eigenvalue weighted by Gasteiger charge is 2.64. The molecule has 0 aromatic heterocycles. The van der Waals surface area contributed by atoms with Gasteiger partial charge in [0.25, 0.3) is 0 Å². The van der Waals surface area contributed by atoms with Crippen LogP contribution in [0.15, 0.2) is 162 Å². The first-order chi connectivity index (χ1) is 38.5. The lowest BCUT2D eigenvalue weighted by molar-refractivity contribution is 0.00578. The minimum absolute atomic E-state index is 0.00458. The summed E-state index contributed by atoms with van der Waals surface area (Å²) in [6.07, 6.45) is 0. The van der Waals surface area contributed by atoms with Crippen molar-refractivity contribution < 1.29 is 27.9 Å². The van der Waals surface area contributed by atoms with E-state index in [1.165, 1.54) is 109 Å². The van der Waals surface area contributed by atoms with Crippen molar-refractivity contribution in [1.82, 2.24) is 0 Å². The van der Waals surface area contributed by atoms with E-state index >= 15 is 0 Å². The summed E-state index contributed by atoms with van der Waals surface area (Å²) in [5.74, 6) is 0. The van der Waals surface area contributed by atoms with Gasteiger partial charge in [-0.3, -0.25) is 0 Å². The van der Waals surface area contributed by atoms with Gasteiger partial charge in [-0.1, -0.05) is 165 Å². The summed E-state index contributed by atoms with van der Waals surface area (Å²) in [6.45, 7) is 34.0. The zero-order chi connectivity index (χ0) is 58.1. The summed E-state index contributed by atoms with van der Waals surface area (Å²) in [6, 6.07) is 58.5. The first-order valence-electron chi connectivity index (χ1n) is 29.3. The number of hydrogen-bond acceptors (Lipinski definition) is 6. The van der Waals surface area contributed by atoms with Crippen LogP contribution in [0.2, 0.25) is 0 Å². The molecule has 10 aromatic carbocycles. The second kappa shape index (κ2) is 18.6. The molecule has 0 amide bonds. The summed E-state index contributed by atoms with van der Waals surface area (Å²) < 4.78 is 37.8. The average Bonchev–Trinajstić information content (AvgIpc) is 3.55. The lowest BCUT2D eigenvalue weighted by Gasteiger charge is -2.32. The van der Waals surface area contributed by atoms with Crippen LogP contribution in [0.25, 0.3) is 86.9 Å². The minimum atomic E-state index is -0.476. The van der Waals surface area contributed by atoms with Crippen LogP contribution < -0.4 is 5.46 Å². The Hall–Kier alpha value is -5.81. The molecule has 0 unspecified atom stereocenters. The average molecular weight is 1150 g/mol. The van der Waals surface area contributed by atoms with Gasteiger partial charge < -0.3 is 27.9 Å². The van der Waals surface area contributed by atoms with Gasteiger partial charge in [-0.25, -0.2) is 0 Å². The molecule has 0 saturated carbocycles. The highest BCUT2D eigenvalue weighted by molar-refractivity contribution is 9.10. The van der Waals surface area contributed by atoms with Crippen LogP contribution in [0.4, 0.5) is 0 Å². The van der Waals surface area contributed by atoms with Crippen molar-refractivity contribution in [3.8, 4) is 22.3 Å². The lowest BCUT2D eigenvalue weighted by atomic mass is 9.49. The number of rotatable bonds is 2. The third kappa shape index (κ3) is 8.43. The van der Waals surface area contributed by atoms with Crippen LogP contribution in [0.1, 0.15) is 133 Å². The van der Waals surface area contributed by atoms with E-state index in [0.29, 0.717) is 0 Å². The van der Waals surface area contributed by atoms with Crippen LogP contribution >= 0.6 is 15.9 Å². The van der Waals surface area contributed by atoms with Crippen LogP contribution in [0.3, 0.4) is 0 Å². The maximum atomic E-state index is 6.39. The Bertz CT molecular complexity index is 4230. The Labute approximate surface area is 494 Å². The van der Waals surface area contributed by atoms with Gasteiger partial charge in [-0.05, 0) is 234 Å². The molecule has 0 radical (unpaired) electrons. The van der Waals surface area contributed by atoms with Crippen LogP contribution in [-0.2, 0) is 38.8 Å². The van der Waals surface area contributed by atoms with E-state index in [-0.39, 0.29) is 51.6 Å². The Morgan fingerprint density at radius 2 is 0.537 bits per heavy atom. The van der Waals surface area contributed by atoms with Crippen molar-refractivity contribution in [2.75, 3.05) is 0 Å². The van der Waals surface area contributed by atoms with E-state index in [2.05, 4.69) is 229 Å². The molecule has 10 aromatic rings. The van der Waals surface area contributed by atoms with E-state index in [0.717, 1.165) is 9.94 Å². The van der Waals surface area contributed by atoms with E-state index < -0.39 is 14.0 Å². The zero-order valence-electron chi connectivity index (χ0n) is 50.6. The molecule has 5 aliphatic rings. The summed E-state index contributed by atoms with van der Waals surface area (Å²) in [7, 11) is -1.31. The zero-order valence-corrected chi connectivity index (χ0v) is 52.2. The normalized spacial score (nSPS) is 20.4. The molecule has 3 heterocycles. The number of hydrogen-bond donors (Lipinski definition) is 0. The molecule has 82 heavy (non-hydrogen) atoms. The molecule has 0 N–H and O–H groups in total. The van der Waals surface area contributed by atoms with Gasteiger partial charge in [0.05, 0.1) is 33.6 Å². The first kappa shape index (κ1) is 55.4. The Morgan fingerprint density at radius 1 is 0.268 bits per heavy atom. The molecule has 414 valence electrons. The molecule has 3 aliphatic heterocycles. The standard InChI is InChI=1S/C33H31BO2.C27H19Br.C12H24B2O4/c1-31(2)29-17-20(34-35-32(3,4)33(5,6)36-34)15-16-25(29)28-18-26-23-13-9-7-11-21(23)22-12-8-10-14-24(22)27(26)19-30(28)31;1-27(2)25-13-16(28)11-12-21(25)24-14-22-19-9-5-3-7-17(19)18-8-4-6-10-20(18)23(22)15-26(24)27;1-9(2)10(3,4)16-13(15-9)14-17-11(5,6)12(7,8)18-14/h7-19H,1-6H3;3-15H,1-2H3;1-8H3. The Balaban J connectivity index is 0.000000122. The van der Waals surface area contributed by atoms with Gasteiger partial charge in [-0.2, -0.15) is 0 Å². The second-order valence-corrected chi connectivity index (χ2v) is 28.6. The molecule has 0 atom stereocenters. The maximum Gasteiger partial charge on any atom is 0.494 e. The lowest BCUT2D eigenvalue weighted by Crippen LogP contribution is -2.41. The summed E-state index contributed by atoms with van der Waals surface area (Å²) >= 11 is 3.67. The Morgan fingerprint density at radius 3 is 0.878 bits per heavy atom. The maximum absolute atomic E-state index is 6.39. The van der Waals surface area contributed by atoms with Crippen molar-refractivity contribution in [2.45, 2.75) is 155 Å². The van der Waals surface area contributed by atoms with Crippen molar-refractivity contribution >= 4 is 107 Å². The monoisotopic (exact) mass is 1150 g/mol. The van der Waals surface area contributed by atoms with E-state index in [1.54, 1.807) is 0 Å². The quantitative estimate of drug-likeness (QED) is 0.127. The van der Waals surface area contributed by atoms with Crippen molar-refractivity contribution in [2.24, 2.45) is 0 Å². The topological polar surface area (TPSA) is 55.4 Å². The molecule has 0 spiro atoms. The predicted molar refractivity (Wildman–Crippen MR) is 349 cm³/mol. The number of fused-ring (bicyclic) bond motifs is 18. The smallest absolute Gasteiger partial charge is 0.405 e. The predicted octanol–water partition coefficient (Wildman–Crippen LogP) is 18.2. The molecular formula is C72H74B3BrO6. The fraction of sp³-hybridized carbons (Fsp3) is 0.333. The molecule has 3 fully saturated rings. The molecule has 6 nitrogen and oxygen atoms in total. The second-order valence-electron chi connectivity index (χ2n) is 27.7. The molecule has 3 saturated heterocycles. The van der Waals surface area contributed by atoms with Gasteiger partial charge in [-0.15, -0.1) is 0 Å². The van der Waals surface area contributed by atoms with E-state index in [1.807, 2.05) is 55.4 Å². The highest BCUT2D eigenvalue weighted by Crippen LogP contribution is 2.54. The van der Waals surface area contributed by atoms with E-state index in [9.17, 15) is 0 Å². The highest BCUT2D eigenvalue weighted by atomic mass is 79.9. The fourth-order valence-electron chi connectivity index (χ4n) is 13.4. The largest absolute Gasteiger partial charge is 0.494 e. The van der Waals surface area contributed by atoms with E-state index in [4.69, 9.17) is 27.9 Å². The van der Waals surface area contributed by atoms with Crippen molar-refractivity contribution in [3.05, 3.63) is 184 Å². The minimum Gasteiger partial charge on any atom is -0.405 e. The summed E-state index contributed by atoms with van der Waals surface area (Å²) in [5.41, 5.74) is 9.77. The van der Waals surface area contributed by atoms with Gasteiger partial charge in [0.2, 0.25) is 0 Å². The third-order valence-electron chi connectivity index (χ3n) is 20.4. The van der Waals surface area contributed by atoms with Gasteiger partial charge in [0, 0.05) is 15.3 Å². The van der Waals surface area contributed by atoms with Crippen LogP contribution in [0.5, 0.6) is 0 Å². The SMILES string of the molecule is CC1(C)OB(B2OC(C)(C)C(C)(C)O2)OC1(C)C.CC1(C)c2cc(B3OC(C)(C)C(C)(C)O3)ccc2-c2cc3c4ccccc4c4ccccc4c3cc21.CC1(C)c2cc(Br)ccc2-c2cc3c4ccccc4c4ccccc4c3cc21. The van der Waals surface area contributed by atoms with Crippen LogP contribution in [-0.4, -0.2) is 54.7 Å². The number of halogens is 1. The van der Waals surface area contributed by atoms with Gasteiger partial charge >= 0.3 is 21.1 Å². The molecular weight excluding hydrogens is 1070 g/mol. The molecule has 10 heteroatoms. The first-order valence-corrected chi connectivity index (χ1v) is 30.1. The van der Waals surface area contributed by atoms with Gasteiger partial charge in [0.1, 0.15) is 0 Å². The fourth-order valence-corrected chi connectivity index (χ4v) is 13.7. The molecule has 0 bridgehead atoms. The van der Waals surface area contributed by atoms with Crippen LogP contribution in [0, 0.1) is 0 Å². The number of benzene rings is 10. The molecule has 15 rings (SSSR count). The van der Waals surface area contributed by atoms with Crippen molar-refractivity contribution in [3.63, 3.8) is 0 Å². The van der Waals surface area contributed by atoms with Gasteiger partial charge in [0.15, 0.2) is 0 Å². The summed E-state index contributed by atoms with van der Waals surface area (Å²) in [4.78, 5) is 0. The molecule has 2 aliphatic carbocycles. The third-order valence-corrected chi connectivity index (χ3v) is 20.8.